The summed E-state index contributed by atoms with van der Waals surface area (Å²) in [4.78, 5) is 75.5. The molecule has 0 aliphatic heterocycles. The van der Waals surface area contributed by atoms with Crippen LogP contribution in [0.25, 0.3) is 0 Å². The van der Waals surface area contributed by atoms with Crippen LogP contribution < -0.4 is 0 Å². The smallest absolute Gasteiger partial charge is 0.373 e. The molecule has 15 heteroatoms. The van der Waals surface area contributed by atoms with Crippen LogP contribution in [-0.4, -0.2) is 70.0 Å². The highest BCUT2D eigenvalue weighted by Gasteiger charge is 2.26. The zero-order chi connectivity index (χ0) is 35.8. The van der Waals surface area contributed by atoms with Gasteiger partial charge >= 0.3 is 36.2 Å². The fraction of sp³-hybridized carbons (Fsp3) is 0.333. The van der Waals surface area contributed by atoms with Crippen LogP contribution in [0.2, 0.25) is 5.02 Å². The van der Waals surface area contributed by atoms with E-state index in [4.69, 9.17) is 54.0 Å². The molecule has 1 aromatic rings. The second-order valence-electron chi connectivity index (χ2n) is 7.67. The molecule has 0 N–H and O–H groups in total. The topological polar surface area (TPSA) is 173 Å². The largest absolute Gasteiger partial charge is 0.469 e. The molecule has 0 saturated heterocycles. The number of carbonyl (C=O) groups is 4. The maximum Gasteiger partial charge on any atom is 0.373 e. The van der Waals surface area contributed by atoms with Gasteiger partial charge in [-0.25, -0.2) is 14.4 Å². The molecule has 248 valence electrons. The number of hydrogen-bond acceptors (Lipinski definition) is 12. The number of alkyl halides is 1. The lowest BCUT2D eigenvalue weighted by Gasteiger charge is -2.23. The zero-order valence-electron chi connectivity index (χ0n) is 25.5. The van der Waals surface area contributed by atoms with E-state index in [9.17, 15) is 19.2 Å². The number of hydrogen-bond donors (Lipinski definition) is 0. The minimum atomic E-state index is -0.468. The lowest BCUT2D eigenvalue weighted by Crippen LogP contribution is -2.25. The van der Waals surface area contributed by atoms with E-state index in [1.54, 1.807) is 18.2 Å². The van der Waals surface area contributed by atoms with E-state index in [0.29, 0.717) is 22.9 Å². The molecule has 0 amide bonds. The van der Waals surface area contributed by atoms with Crippen molar-refractivity contribution >= 4 is 71.0 Å². The van der Waals surface area contributed by atoms with Crippen molar-refractivity contribution in [3.8, 4) is 0 Å². The molecule has 3 unspecified atom stereocenters. The maximum absolute atomic E-state index is 11.1. The molecule has 0 saturated carbocycles. The summed E-state index contributed by atoms with van der Waals surface area (Å²) in [5.74, 6) is -1.28. The molecule has 1 aliphatic rings. The van der Waals surface area contributed by atoms with E-state index >= 15 is 0 Å². The number of allylic oxidation sites excluding steroid dienone is 3. The van der Waals surface area contributed by atoms with E-state index in [1.807, 2.05) is 26.0 Å². The van der Waals surface area contributed by atoms with Crippen molar-refractivity contribution in [3.05, 3.63) is 82.9 Å². The Balaban J connectivity index is -0.000000247. The minimum Gasteiger partial charge on any atom is -0.469 e. The number of benzene rings is 1. The van der Waals surface area contributed by atoms with Gasteiger partial charge < -0.3 is 18.9 Å². The molecule has 3 atom stereocenters. The van der Waals surface area contributed by atoms with Crippen LogP contribution in [-0.2, 0) is 52.5 Å². The first kappa shape index (κ1) is 47.6. The van der Waals surface area contributed by atoms with Crippen LogP contribution in [0, 0.1) is 18.8 Å². The van der Waals surface area contributed by atoms with Gasteiger partial charge in [0, 0.05) is 22.6 Å². The van der Waals surface area contributed by atoms with Crippen molar-refractivity contribution < 1.29 is 57.3 Å². The van der Waals surface area contributed by atoms with Gasteiger partial charge in [0.05, 0.1) is 39.9 Å². The van der Waals surface area contributed by atoms with Crippen LogP contribution in [0.4, 0.5) is 0 Å². The first-order chi connectivity index (χ1) is 21.2. The average Bonchev–Trinajstić information content (AvgIpc) is 3.02. The quantitative estimate of drug-likeness (QED) is 0.100. The fourth-order valence-electron chi connectivity index (χ4n) is 2.53. The molecular weight excluding hydrogens is 659 g/mol. The molecular formula is C30H35Cl3O12. The van der Waals surface area contributed by atoms with Gasteiger partial charge in [0.1, 0.15) is 0 Å². The summed E-state index contributed by atoms with van der Waals surface area (Å²) in [7, 11) is 5.29. The monoisotopic (exact) mass is 692 g/mol. The molecule has 45 heavy (non-hydrogen) atoms. The van der Waals surface area contributed by atoms with Gasteiger partial charge in [0.25, 0.3) is 0 Å². The summed E-state index contributed by atoms with van der Waals surface area (Å²) in [5, 5.41) is 0.636. The predicted octanol–water partition coefficient (Wildman–Crippen LogP) is 5.06. The first-order valence-electron chi connectivity index (χ1n) is 12.2. The van der Waals surface area contributed by atoms with Crippen molar-refractivity contribution in [2.75, 3.05) is 28.4 Å². The van der Waals surface area contributed by atoms with E-state index in [-0.39, 0.29) is 35.5 Å². The van der Waals surface area contributed by atoms with Crippen LogP contribution >= 0.6 is 34.8 Å². The highest BCUT2D eigenvalue weighted by molar-refractivity contribution is 6.31. The standard InChI is InChI=1S/C9H13ClO2.C9H9ClO2.C8H10O4.C2H3Cl.2CO2/c2*1-6-3-4-7(5-8(6)10)9(11)12-2;1-11-7(9)5-3-4-6-8(10)12-2;1-2-3;2*2-1-3/h3-4,6-8H,5H2,1-2H3;3-5H,1-2H3;3-6H,1-2H3;2H,1H2;;/b;;5-3+,6-4+;;;. The van der Waals surface area contributed by atoms with Gasteiger partial charge in [0.2, 0.25) is 0 Å². The van der Waals surface area contributed by atoms with Crippen LogP contribution in [0.1, 0.15) is 29.3 Å². The number of esters is 4. The normalized spacial score (nSPS) is 15.3. The molecule has 0 spiro atoms. The van der Waals surface area contributed by atoms with E-state index in [2.05, 4.69) is 25.5 Å². The van der Waals surface area contributed by atoms with Crippen molar-refractivity contribution in [1.29, 1.82) is 0 Å². The van der Waals surface area contributed by atoms with Crippen molar-refractivity contribution in [3.63, 3.8) is 0 Å². The number of halogens is 3. The number of methoxy groups -OCH3 is 4. The molecule has 1 aliphatic carbocycles. The second kappa shape index (κ2) is 32.6. The molecule has 12 nitrogen and oxygen atoms in total. The third-order valence-corrected chi connectivity index (χ3v) is 5.75. The Morgan fingerprint density at radius 2 is 1.31 bits per heavy atom. The van der Waals surface area contributed by atoms with Crippen molar-refractivity contribution in [2.45, 2.75) is 25.6 Å². The molecule has 1 aromatic carbocycles. The van der Waals surface area contributed by atoms with Gasteiger partial charge in [-0.15, -0.1) is 11.6 Å². The van der Waals surface area contributed by atoms with E-state index in [0.717, 1.165) is 5.56 Å². The summed E-state index contributed by atoms with van der Waals surface area (Å²) in [5.41, 5.74) is 2.65. The third-order valence-electron chi connectivity index (χ3n) is 4.77. The summed E-state index contributed by atoms with van der Waals surface area (Å²) >= 11 is 16.6. The van der Waals surface area contributed by atoms with Crippen molar-refractivity contribution in [2.24, 2.45) is 11.8 Å². The summed E-state index contributed by atoms with van der Waals surface area (Å²) in [6.07, 6.45) is 10.2. The second-order valence-corrected chi connectivity index (χ2v) is 8.94. The number of aryl methyl sites for hydroxylation is 1. The van der Waals surface area contributed by atoms with Crippen molar-refractivity contribution in [1.82, 2.24) is 0 Å². The van der Waals surface area contributed by atoms with Crippen LogP contribution in [0.5, 0.6) is 0 Å². The Hall–Kier alpha value is -4.31. The molecule has 0 bridgehead atoms. The molecule has 0 radical (unpaired) electrons. The Morgan fingerprint density at radius 1 is 0.867 bits per heavy atom. The third kappa shape index (κ3) is 28.2. The summed E-state index contributed by atoms with van der Waals surface area (Å²) in [6.45, 7) is 7.05. The SMILES string of the molecule is C=CCl.COC(=O)/C=C/C=C/C(=O)OC.COC(=O)C1C=CC(C)C(Cl)C1.COC(=O)c1ccc(C)c(Cl)c1.O=C=O.O=C=O. The van der Waals surface area contributed by atoms with Gasteiger partial charge in [-0.1, -0.05) is 67.1 Å². The molecule has 2 rings (SSSR count). The summed E-state index contributed by atoms with van der Waals surface area (Å²) in [6, 6.07) is 5.07. The fourth-order valence-corrected chi connectivity index (χ4v) is 2.99. The number of ether oxygens (including phenoxy) is 4. The van der Waals surface area contributed by atoms with Gasteiger partial charge in [-0.05, 0) is 42.5 Å². The zero-order valence-corrected chi connectivity index (χ0v) is 27.7. The Kier molecular flexibility index (Phi) is 34.5. The maximum atomic E-state index is 11.1. The highest BCUT2D eigenvalue weighted by atomic mass is 35.5. The Labute approximate surface area is 276 Å². The van der Waals surface area contributed by atoms with E-state index in [1.165, 1.54) is 58.3 Å². The Morgan fingerprint density at radius 3 is 1.64 bits per heavy atom. The van der Waals surface area contributed by atoms with Gasteiger partial charge in [0.15, 0.2) is 0 Å². The average molecular weight is 694 g/mol. The van der Waals surface area contributed by atoms with E-state index < -0.39 is 11.9 Å². The Bertz CT molecular complexity index is 1160. The summed E-state index contributed by atoms with van der Waals surface area (Å²) < 4.78 is 17.8. The van der Waals surface area contributed by atoms with Gasteiger partial charge in [-0.2, -0.15) is 19.2 Å². The lowest BCUT2D eigenvalue weighted by molar-refractivity contribution is -0.193. The van der Waals surface area contributed by atoms with Crippen LogP contribution in [0.15, 0.2) is 66.8 Å². The predicted molar refractivity (Wildman–Crippen MR) is 164 cm³/mol. The first-order valence-corrected chi connectivity index (χ1v) is 13.4. The highest BCUT2D eigenvalue weighted by Crippen LogP contribution is 2.27. The number of rotatable bonds is 5. The minimum absolute atomic E-state index is 0.0547. The molecule has 0 aromatic heterocycles. The molecule has 0 heterocycles. The lowest BCUT2D eigenvalue weighted by atomic mass is 9.89. The number of carbonyl (C=O) groups excluding carboxylic acids is 8. The molecule has 0 fully saturated rings. The van der Waals surface area contributed by atoms with Crippen LogP contribution in [0.3, 0.4) is 0 Å². The van der Waals surface area contributed by atoms with Gasteiger partial charge in [-0.3, -0.25) is 4.79 Å².